The summed E-state index contributed by atoms with van der Waals surface area (Å²) in [5.41, 5.74) is 2.24. The molecule has 0 amide bonds. The maximum absolute atomic E-state index is 5.52. The molecule has 2 heterocycles. The lowest BCUT2D eigenvalue weighted by molar-refractivity contribution is 0.310. The van der Waals surface area contributed by atoms with Gasteiger partial charge < -0.3 is 10.6 Å². The van der Waals surface area contributed by atoms with Gasteiger partial charge in [-0.25, -0.2) is 0 Å². The zero-order chi connectivity index (χ0) is 12.3. The number of nitrogens with zero attached hydrogens (tertiary/aromatic N) is 1. The number of hydrogen-bond donors (Lipinski definition) is 2. The molecular weight excluding hydrogens is 230 g/mol. The first-order valence-corrected chi connectivity index (χ1v) is 6.32. The van der Waals surface area contributed by atoms with Gasteiger partial charge in [-0.05, 0) is 45.1 Å². The monoisotopic (exact) mass is 247 g/mol. The quantitative estimate of drug-likeness (QED) is 0.689. The van der Waals surface area contributed by atoms with Crippen LogP contribution >= 0.6 is 12.2 Å². The molecule has 3 rings (SSSR count). The van der Waals surface area contributed by atoms with Gasteiger partial charge in [-0.15, -0.1) is 0 Å². The fraction of sp³-hybridized carbons (Fsp3) is 0.462. The Morgan fingerprint density at radius 1 is 1.18 bits per heavy atom. The second-order valence-corrected chi connectivity index (χ2v) is 6.13. The van der Waals surface area contributed by atoms with Crippen molar-refractivity contribution in [2.24, 2.45) is 0 Å². The average molecular weight is 247 g/mol. The Morgan fingerprint density at radius 2 is 1.88 bits per heavy atom. The summed E-state index contributed by atoms with van der Waals surface area (Å²) in [6.07, 6.45) is 0.995. The van der Waals surface area contributed by atoms with Crippen LogP contribution in [0.3, 0.4) is 0 Å². The second kappa shape index (κ2) is 3.13. The average Bonchev–Trinajstić information content (AvgIpc) is 2.46. The van der Waals surface area contributed by atoms with E-state index in [4.69, 9.17) is 12.2 Å². The zero-order valence-electron chi connectivity index (χ0n) is 10.4. The molecule has 1 fully saturated rings. The molecule has 0 unspecified atom stereocenters. The Bertz CT molecular complexity index is 497. The highest BCUT2D eigenvalue weighted by molar-refractivity contribution is 7.80. The SMILES string of the molecule is CC1(C)C[C@@]2(C)Nc3ccccc3N2C(=S)N1. The molecule has 0 radical (unpaired) electrons. The first-order chi connectivity index (χ1) is 7.91. The number of rotatable bonds is 0. The molecule has 0 spiro atoms. The van der Waals surface area contributed by atoms with E-state index in [9.17, 15) is 0 Å². The molecule has 0 aliphatic carbocycles. The minimum Gasteiger partial charge on any atom is -0.361 e. The molecule has 0 saturated carbocycles. The Balaban J connectivity index is 2.10. The van der Waals surface area contributed by atoms with Crippen molar-refractivity contribution < 1.29 is 0 Å². The highest BCUT2D eigenvalue weighted by atomic mass is 32.1. The number of thiocarbonyl (C=S) groups is 1. The lowest BCUT2D eigenvalue weighted by atomic mass is 9.89. The molecule has 1 aromatic carbocycles. The summed E-state index contributed by atoms with van der Waals surface area (Å²) >= 11 is 5.52. The Hall–Kier alpha value is -1.29. The van der Waals surface area contributed by atoms with Crippen molar-refractivity contribution in [3.05, 3.63) is 24.3 Å². The molecule has 2 aliphatic heterocycles. The van der Waals surface area contributed by atoms with Crippen LogP contribution < -0.4 is 15.5 Å². The number of nitrogens with one attached hydrogen (secondary N) is 2. The topological polar surface area (TPSA) is 27.3 Å². The van der Waals surface area contributed by atoms with Gasteiger partial charge >= 0.3 is 0 Å². The molecule has 1 saturated heterocycles. The molecule has 90 valence electrons. The van der Waals surface area contributed by atoms with Crippen molar-refractivity contribution in [1.29, 1.82) is 0 Å². The lowest BCUT2D eigenvalue weighted by Gasteiger charge is -2.48. The van der Waals surface area contributed by atoms with Gasteiger partial charge in [-0.3, -0.25) is 4.90 Å². The molecule has 2 N–H and O–H groups in total. The number of para-hydroxylation sites is 2. The smallest absolute Gasteiger partial charge is 0.175 e. The van der Waals surface area contributed by atoms with Crippen LogP contribution in [0.2, 0.25) is 0 Å². The summed E-state index contributed by atoms with van der Waals surface area (Å²) in [7, 11) is 0. The molecular formula is C13H17N3S. The molecule has 1 atom stereocenters. The van der Waals surface area contributed by atoms with Gasteiger partial charge in [0.1, 0.15) is 5.66 Å². The van der Waals surface area contributed by atoms with E-state index in [1.54, 1.807) is 0 Å². The van der Waals surface area contributed by atoms with Crippen molar-refractivity contribution >= 4 is 28.7 Å². The third-order valence-electron chi connectivity index (χ3n) is 3.48. The zero-order valence-corrected chi connectivity index (χ0v) is 11.2. The number of anilines is 2. The maximum atomic E-state index is 5.52. The maximum Gasteiger partial charge on any atom is 0.175 e. The molecule has 0 bridgehead atoms. The third kappa shape index (κ3) is 1.51. The van der Waals surface area contributed by atoms with Gasteiger partial charge in [0, 0.05) is 12.0 Å². The number of fused-ring (bicyclic) bond motifs is 3. The predicted molar refractivity (Wildman–Crippen MR) is 75.4 cm³/mol. The normalized spacial score (nSPS) is 29.1. The van der Waals surface area contributed by atoms with Crippen LogP contribution in [0, 0.1) is 0 Å². The summed E-state index contributed by atoms with van der Waals surface area (Å²) in [4.78, 5) is 2.20. The minimum absolute atomic E-state index is 0.0252. The summed E-state index contributed by atoms with van der Waals surface area (Å²) in [6, 6.07) is 8.32. The summed E-state index contributed by atoms with van der Waals surface area (Å²) < 4.78 is 0. The van der Waals surface area contributed by atoms with Gasteiger partial charge in [0.05, 0.1) is 11.4 Å². The van der Waals surface area contributed by atoms with Crippen molar-refractivity contribution in [3.63, 3.8) is 0 Å². The van der Waals surface area contributed by atoms with E-state index in [0.29, 0.717) is 0 Å². The van der Waals surface area contributed by atoms with E-state index >= 15 is 0 Å². The van der Waals surface area contributed by atoms with Crippen LogP contribution in [-0.4, -0.2) is 16.3 Å². The largest absolute Gasteiger partial charge is 0.361 e. The fourth-order valence-corrected chi connectivity index (χ4v) is 3.67. The van der Waals surface area contributed by atoms with Crippen molar-refractivity contribution in [3.8, 4) is 0 Å². The van der Waals surface area contributed by atoms with Crippen LogP contribution in [0.4, 0.5) is 11.4 Å². The van der Waals surface area contributed by atoms with E-state index < -0.39 is 0 Å². The van der Waals surface area contributed by atoms with Gasteiger partial charge in [-0.2, -0.15) is 0 Å². The van der Waals surface area contributed by atoms with Gasteiger partial charge in [0.15, 0.2) is 5.11 Å². The van der Waals surface area contributed by atoms with E-state index in [-0.39, 0.29) is 11.2 Å². The van der Waals surface area contributed by atoms with Crippen molar-refractivity contribution in [1.82, 2.24) is 5.32 Å². The van der Waals surface area contributed by atoms with Crippen molar-refractivity contribution in [2.75, 3.05) is 10.2 Å². The van der Waals surface area contributed by atoms with Crippen LogP contribution in [0.1, 0.15) is 27.2 Å². The summed E-state index contributed by atoms with van der Waals surface area (Å²) in [5.74, 6) is 0. The number of hydrogen-bond acceptors (Lipinski definition) is 2. The Labute approximate surface area is 107 Å². The van der Waals surface area contributed by atoms with Crippen LogP contribution in [0.5, 0.6) is 0 Å². The fourth-order valence-electron chi connectivity index (χ4n) is 3.09. The van der Waals surface area contributed by atoms with Gasteiger partial charge in [0.2, 0.25) is 0 Å². The molecule has 4 heteroatoms. The summed E-state index contributed by atoms with van der Waals surface area (Å²) in [5, 5.41) is 7.81. The lowest BCUT2D eigenvalue weighted by Crippen LogP contribution is -2.67. The first kappa shape index (κ1) is 10.8. The van der Waals surface area contributed by atoms with Crippen LogP contribution in [0.25, 0.3) is 0 Å². The number of benzene rings is 1. The van der Waals surface area contributed by atoms with Crippen LogP contribution in [0.15, 0.2) is 24.3 Å². The van der Waals surface area contributed by atoms with Crippen molar-refractivity contribution in [2.45, 2.75) is 38.4 Å². The summed E-state index contributed by atoms with van der Waals surface area (Å²) in [6.45, 7) is 6.58. The minimum atomic E-state index is -0.116. The highest BCUT2D eigenvalue weighted by Gasteiger charge is 2.49. The van der Waals surface area contributed by atoms with Gasteiger partial charge in [-0.1, -0.05) is 12.1 Å². The molecule has 1 aromatic rings. The molecule has 17 heavy (non-hydrogen) atoms. The standard InChI is InChI=1S/C13H17N3S/c1-12(2)8-13(3)14-9-6-4-5-7-10(9)16(13)11(17)15-12/h4-7,14H,8H2,1-3H3,(H,15,17)/t13-/m0/s1. The molecule has 3 nitrogen and oxygen atoms in total. The Kier molecular flexibility index (Phi) is 2.00. The molecule has 2 aliphatic rings. The van der Waals surface area contributed by atoms with E-state index in [1.807, 2.05) is 0 Å². The van der Waals surface area contributed by atoms with E-state index in [1.165, 1.54) is 5.69 Å². The van der Waals surface area contributed by atoms with E-state index in [0.717, 1.165) is 17.2 Å². The van der Waals surface area contributed by atoms with Gasteiger partial charge in [0.25, 0.3) is 0 Å². The first-order valence-electron chi connectivity index (χ1n) is 5.91. The third-order valence-corrected chi connectivity index (χ3v) is 3.76. The highest BCUT2D eigenvalue weighted by Crippen LogP contribution is 2.45. The molecule has 0 aromatic heterocycles. The Morgan fingerprint density at radius 3 is 2.65 bits per heavy atom. The predicted octanol–water partition coefficient (Wildman–Crippen LogP) is 2.69. The van der Waals surface area contributed by atoms with Crippen LogP contribution in [-0.2, 0) is 0 Å². The second-order valence-electron chi connectivity index (χ2n) is 5.74. The van der Waals surface area contributed by atoms with E-state index in [2.05, 4.69) is 60.6 Å².